The number of esters is 4. The Morgan fingerprint density at radius 1 is 0.942 bits per heavy atom. The summed E-state index contributed by atoms with van der Waals surface area (Å²) in [7, 11) is 1.24. The molecule has 0 bridgehead atoms. The van der Waals surface area contributed by atoms with Crippen LogP contribution in [0, 0.1) is 0 Å². The van der Waals surface area contributed by atoms with Crippen LogP contribution in [-0.2, 0) is 76.1 Å². The Hall–Kier alpha value is -4.24. The molecular formula is C33H43NO18. The van der Waals surface area contributed by atoms with Crippen LogP contribution >= 0.6 is 0 Å². The summed E-state index contributed by atoms with van der Waals surface area (Å²) in [5.74, 6) is -9.04. The number of carboxylic acids is 1. The zero-order valence-electron chi connectivity index (χ0n) is 29.3. The SMILES string of the molecule is CO[13C@@H]1O[C@@H]2COC(c3ccccc3)O[C@@H]2[C@H](O[C@]2(C(=O)O)[13CH2][C@H](OC(C)=O)[C@@H](NC(C)=O)[C@H]([C@H](OC(C)=O)[C@@H](COC(C)=O)OC(C)=O)O2)[C@H]1O. The molecule has 19 heteroatoms. The van der Waals surface area contributed by atoms with Crippen molar-refractivity contribution in [3.63, 3.8) is 0 Å². The Bertz CT molecular complexity index is 1460. The fraction of sp³-hybridized carbons (Fsp3) is 0.636. The van der Waals surface area contributed by atoms with Crippen molar-refractivity contribution in [2.24, 2.45) is 0 Å². The van der Waals surface area contributed by atoms with E-state index in [1.54, 1.807) is 30.3 Å². The van der Waals surface area contributed by atoms with Gasteiger partial charge in [-0.25, -0.2) is 4.79 Å². The Balaban J connectivity index is 1.84. The maximum Gasteiger partial charge on any atom is 0.364 e. The van der Waals surface area contributed by atoms with Gasteiger partial charge in [0.1, 0.15) is 43.2 Å². The van der Waals surface area contributed by atoms with Crippen LogP contribution in [-0.4, -0.2) is 133 Å². The summed E-state index contributed by atoms with van der Waals surface area (Å²) in [4.78, 5) is 74.9. The van der Waals surface area contributed by atoms with Gasteiger partial charge in [-0.1, -0.05) is 30.3 Å². The van der Waals surface area contributed by atoms with Gasteiger partial charge in [0.2, 0.25) is 5.91 Å². The van der Waals surface area contributed by atoms with Crippen LogP contribution in [0.3, 0.4) is 0 Å². The minimum absolute atomic E-state index is 0.102. The summed E-state index contributed by atoms with van der Waals surface area (Å²) in [5.41, 5.74) is 0.589. The summed E-state index contributed by atoms with van der Waals surface area (Å²) < 4.78 is 57.1. The van der Waals surface area contributed by atoms with Crippen LogP contribution in [0.2, 0.25) is 0 Å². The minimum Gasteiger partial charge on any atom is -0.477 e. The number of ether oxygens (including phenoxy) is 10. The lowest BCUT2D eigenvalue weighted by Crippen LogP contribution is -2.71. The molecule has 3 saturated heterocycles. The van der Waals surface area contributed by atoms with E-state index in [1.807, 2.05) is 0 Å². The molecule has 1 aromatic carbocycles. The first kappa shape index (κ1) is 40.5. The highest BCUT2D eigenvalue weighted by Crippen LogP contribution is 2.42. The molecule has 288 valence electrons. The third-order valence-corrected chi connectivity index (χ3v) is 8.26. The fourth-order valence-electron chi connectivity index (χ4n) is 6.26. The largest absolute Gasteiger partial charge is 0.477 e. The van der Waals surface area contributed by atoms with Crippen LogP contribution in [0.25, 0.3) is 0 Å². The quantitative estimate of drug-likeness (QED) is 0.133. The van der Waals surface area contributed by atoms with E-state index in [-0.39, 0.29) is 6.61 Å². The molecule has 0 aromatic heterocycles. The second-order valence-corrected chi connectivity index (χ2v) is 12.3. The molecule has 52 heavy (non-hydrogen) atoms. The van der Waals surface area contributed by atoms with E-state index < -0.39 is 122 Å². The number of rotatable bonds is 13. The number of hydrogen-bond acceptors (Lipinski definition) is 17. The summed E-state index contributed by atoms with van der Waals surface area (Å²) >= 11 is 0. The average Bonchev–Trinajstić information content (AvgIpc) is 3.07. The van der Waals surface area contributed by atoms with Crippen molar-refractivity contribution in [2.45, 2.75) is 114 Å². The van der Waals surface area contributed by atoms with Crippen LogP contribution in [0.5, 0.6) is 0 Å². The first-order valence-corrected chi connectivity index (χ1v) is 16.2. The van der Waals surface area contributed by atoms with Crippen LogP contribution in [0.4, 0.5) is 0 Å². The molecule has 0 aliphatic carbocycles. The average molecular weight is 744 g/mol. The Morgan fingerprint density at radius 2 is 1.62 bits per heavy atom. The molecule has 4 rings (SSSR count). The number of benzene rings is 1. The molecule has 3 N–H and O–H groups in total. The van der Waals surface area contributed by atoms with Crippen molar-refractivity contribution in [2.75, 3.05) is 20.3 Å². The monoisotopic (exact) mass is 743 g/mol. The van der Waals surface area contributed by atoms with Gasteiger partial charge in [0, 0.05) is 47.3 Å². The van der Waals surface area contributed by atoms with Gasteiger partial charge < -0.3 is 62.9 Å². The molecule has 19 nitrogen and oxygen atoms in total. The first-order chi connectivity index (χ1) is 24.5. The number of aliphatic hydroxyl groups is 1. The van der Waals surface area contributed by atoms with Crippen LogP contribution < -0.4 is 5.32 Å². The first-order valence-electron chi connectivity index (χ1n) is 16.2. The Labute approximate surface area is 298 Å². The van der Waals surface area contributed by atoms with Gasteiger partial charge in [-0.3, -0.25) is 24.0 Å². The fourth-order valence-corrected chi connectivity index (χ4v) is 6.26. The van der Waals surface area contributed by atoms with E-state index >= 15 is 0 Å². The number of carbonyl (C=O) groups excluding carboxylic acids is 5. The van der Waals surface area contributed by atoms with Crippen LogP contribution in [0.15, 0.2) is 30.3 Å². The minimum atomic E-state index is -2.88. The molecule has 0 spiro atoms. The van der Waals surface area contributed by atoms with Gasteiger partial charge in [-0.2, -0.15) is 0 Å². The molecule has 0 radical (unpaired) electrons. The highest BCUT2D eigenvalue weighted by Gasteiger charge is 2.62. The summed E-state index contributed by atoms with van der Waals surface area (Å²) in [6.07, 6.45) is -15.6. The molecule has 1 aromatic rings. The Kier molecular flexibility index (Phi) is 13.7. The number of carboxylic acid groups (broad SMARTS) is 1. The molecule has 12 atom stereocenters. The zero-order valence-corrected chi connectivity index (χ0v) is 29.3. The summed E-state index contributed by atoms with van der Waals surface area (Å²) in [5, 5.41) is 24.9. The molecule has 3 aliphatic heterocycles. The molecule has 0 saturated carbocycles. The summed E-state index contributed by atoms with van der Waals surface area (Å²) in [6.45, 7) is 4.37. The molecule has 1 amide bonds. The molecule has 1 unspecified atom stereocenters. The third kappa shape index (κ3) is 9.79. The number of aliphatic hydroxyl groups excluding tert-OH is 1. The van der Waals surface area contributed by atoms with E-state index in [9.17, 15) is 39.0 Å². The normalized spacial score (nSPS) is 32.6. The molecule has 3 aliphatic rings. The number of carbonyl (C=O) groups is 6. The number of methoxy groups -OCH3 is 1. The van der Waals surface area contributed by atoms with E-state index in [2.05, 4.69) is 5.32 Å². The van der Waals surface area contributed by atoms with Gasteiger partial charge in [-0.15, -0.1) is 0 Å². The van der Waals surface area contributed by atoms with Crippen molar-refractivity contribution in [3.8, 4) is 0 Å². The smallest absolute Gasteiger partial charge is 0.364 e. The van der Waals surface area contributed by atoms with Gasteiger partial charge >= 0.3 is 29.8 Å². The number of nitrogens with one attached hydrogen (secondary N) is 1. The van der Waals surface area contributed by atoms with Crippen molar-refractivity contribution < 1.29 is 86.3 Å². The topological polar surface area (TPSA) is 247 Å². The Morgan fingerprint density at radius 3 is 2.17 bits per heavy atom. The van der Waals surface area contributed by atoms with Gasteiger partial charge in [0.05, 0.1) is 19.1 Å². The highest BCUT2D eigenvalue weighted by molar-refractivity contribution is 5.77. The number of fused-ring (bicyclic) bond motifs is 1. The molecule has 3 heterocycles. The third-order valence-electron chi connectivity index (χ3n) is 8.26. The maximum absolute atomic E-state index is 13.4. The standard InChI is InChI=1S/C33H43NO18/c1-15(35)34-24-21(46-17(3)37)12-33(32(41)42,51-28(24)26(48-19(5)39)22(47-18(4)38)13-44-16(2)36)52-29-25(40)31(43-6)49-23-14-45-30(50-27(23)29)20-10-8-7-9-11-20/h7-11,21-31,40H,12-14H2,1-6H3,(H,34,35)(H,41,42)/t21-,22+,23+,24+,25+,26+,27-,28+,29+,30?,31+,33-/m0/s1/i12+1,31+1. The number of hydrogen-bond donors (Lipinski definition) is 3. The molecule has 3 fully saturated rings. The predicted molar refractivity (Wildman–Crippen MR) is 167 cm³/mol. The zero-order chi connectivity index (χ0) is 38.3. The van der Waals surface area contributed by atoms with Crippen molar-refractivity contribution in [1.29, 1.82) is 0 Å². The van der Waals surface area contributed by atoms with E-state index in [0.717, 1.165) is 34.6 Å². The lowest BCUT2D eigenvalue weighted by Gasteiger charge is -2.52. The predicted octanol–water partition coefficient (Wildman–Crippen LogP) is -0.349. The van der Waals surface area contributed by atoms with E-state index in [1.165, 1.54) is 7.11 Å². The molecular weight excluding hydrogens is 700 g/mol. The van der Waals surface area contributed by atoms with Gasteiger partial charge in [0.25, 0.3) is 5.79 Å². The van der Waals surface area contributed by atoms with Gasteiger partial charge in [0.15, 0.2) is 24.8 Å². The summed E-state index contributed by atoms with van der Waals surface area (Å²) in [6, 6.07) is 7.23. The van der Waals surface area contributed by atoms with Crippen LogP contribution in [0.1, 0.15) is 52.9 Å². The number of amides is 1. The maximum atomic E-state index is 13.4. The van der Waals surface area contributed by atoms with Gasteiger partial charge in [-0.05, 0) is 0 Å². The highest BCUT2D eigenvalue weighted by atomic mass is 16.8. The lowest BCUT2D eigenvalue weighted by molar-refractivity contribution is -0.397. The van der Waals surface area contributed by atoms with Crippen molar-refractivity contribution >= 4 is 35.8 Å². The van der Waals surface area contributed by atoms with E-state index in [4.69, 9.17) is 47.4 Å². The van der Waals surface area contributed by atoms with E-state index in [0.29, 0.717) is 5.56 Å². The lowest BCUT2D eigenvalue weighted by atomic mass is 9.94. The van der Waals surface area contributed by atoms with Crippen molar-refractivity contribution in [3.05, 3.63) is 35.9 Å². The second kappa shape index (κ2) is 17.5. The number of aliphatic carboxylic acids is 1. The van der Waals surface area contributed by atoms with Crippen molar-refractivity contribution in [1.82, 2.24) is 5.32 Å². The second-order valence-electron chi connectivity index (χ2n) is 12.3.